The molecule has 6 nitrogen and oxygen atoms in total. The normalized spacial score (nSPS) is 16.2. The van der Waals surface area contributed by atoms with Crippen LogP contribution in [0.15, 0.2) is 18.3 Å². The van der Waals surface area contributed by atoms with Gasteiger partial charge in [0, 0.05) is 30.7 Å². The summed E-state index contributed by atoms with van der Waals surface area (Å²) in [6, 6.07) is 6.09. The largest absolute Gasteiger partial charge is 0.497 e. The third kappa shape index (κ3) is 3.47. The summed E-state index contributed by atoms with van der Waals surface area (Å²) < 4.78 is 10.9. The summed E-state index contributed by atoms with van der Waals surface area (Å²) in [5.74, 6) is 1.36. The van der Waals surface area contributed by atoms with Crippen LogP contribution >= 0.6 is 0 Å². The number of fused-ring (bicyclic) bond motifs is 1. The first-order valence-corrected chi connectivity index (χ1v) is 8.56. The topological polar surface area (TPSA) is 61.6 Å². The van der Waals surface area contributed by atoms with Crippen LogP contribution in [0.25, 0.3) is 10.9 Å². The lowest BCUT2D eigenvalue weighted by atomic mass is 10.1. The van der Waals surface area contributed by atoms with Gasteiger partial charge in [-0.3, -0.25) is 4.98 Å². The number of aromatic nitrogens is 1. The molecule has 0 bridgehead atoms. The number of hydrogen-bond acceptors (Lipinski definition) is 6. The third-order valence-electron chi connectivity index (χ3n) is 4.71. The Balaban J connectivity index is 2.15. The smallest absolute Gasteiger partial charge is 0.148 e. The summed E-state index contributed by atoms with van der Waals surface area (Å²) in [5, 5.41) is 10.5. The highest BCUT2D eigenvalue weighted by atomic mass is 16.5. The van der Waals surface area contributed by atoms with E-state index in [1.165, 1.54) is 0 Å². The van der Waals surface area contributed by atoms with E-state index in [4.69, 9.17) is 9.47 Å². The molecular weight excluding hydrogens is 316 g/mol. The number of nitriles is 1. The number of ether oxygens (including phenoxy) is 2. The van der Waals surface area contributed by atoms with Gasteiger partial charge in [-0.15, -0.1) is 0 Å². The van der Waals surface area contributed by atoms with Gasteiger partial charge >= 0.3 is 0 Å². The van der Waals surface area contributed by atoms with Gasteiger partial charge in [-0.25, -0.2) is 0 Å². The van der Waals surface area contributed by atoms with E-state index in [2.05, 4.69) is 27.9 Å². The van der Waals surface area contributed by atoms with E-state index in [1.54, 1.807) is 20.4 Å². The average Bonchev–Trinajstić information content (AvgIpc) is 2.62. The first-order valence-electron chi connectivity index (χ1n) is 8.56. The number of rotatable bonds is 3. The number of anilines is 1. The lowest BCUT2D eigenvalue weighted by Gasteiger charge is -2.31. The van der Waals surface area contributed by atoms with Gasteiger partial charge in [0.05, 0.1) is 25.5 Å². The minimum Gasteiger partial charge on any atom is -0.497 e. The van der Waals surface area contributed by atoms with Crippen molar-refractivity contribution in [2.75, 3.05) is 52.3 Å². The monoisotopic (exact) mass is 340 g/mol. The van der Waals surface area contributed by atoms with Crippen LogP contribution in [0.3, 0.4) is 0 Å². The number of nitrogens with zero attached hydrogens (tertiary/aromatic N) is 4. The Morgan fingerprint density at radius 3 is 2.40 bits per heavy atom. The zero-order valence-electron chi connectivity index (χ0n) is 15.1. The first-order chi connectivity index (χ1) is 12.2. The van der Waals surface area contributed by atoms with Crippen LogP contribution in [0.2, 0.25) is 0 Å². The van der Waals surface area contributed by atoms with Crippen LogP contribution in [0.1, 0.15) is 18.4 Å². The zero-order chi connectivity index (χ0) is 17.8. The van der Waals surface area contributed by atoms with Crippen molar-refractivity contribution < 1.29 is 9.47 Å². The maximum atomic E-state index is 9.64. The van der Waals surface area contributed by atoms with Crippen molar-refractivity contribution in [1.29, 1.82) is 5.26 Å². The predicted molar refractivity (Wildman–Crippen MR) is 98.5 cm³/mol. The van der Waals surface area contributed by atoms with Gasteiger partial charge in [0.2, 0.25) is 0 Å². The minimum atomic E-state index is 0.594. The van der Waals surface area contributed by atoms with E-state index in [9.17, 15) is 5.26 Å². The van der Waals surface area contributed by atoms with Crippen LogP contribution in [0.4, 0.5) is 5.69 Å². The predicted octanol–water partition coefficient (Wildman–Crippen LogP) is 2.66. The highest BCUT2D eigenvalue weighted by molar-refractivity contribution is 5.98. The number of methoxy groups -OCH3 is 2. The number of hydrogen-bond donors (Lipinski definition) is 0. The van der Waals surface area contributed by atoms with E-state index in [0.29, 0.717) is 17.1 Å². The summed E-state index contributed by atoms with van der Waals surface area (Å²) in [4.78, 5) is 9.14. The number of pyridine rings is 1. The number of benzene rings is 1. The SMILES string of the molecule is COc1cc(OC)c2ncc(C#N)c(N3CCCN(C)CCC3)c2c1. The van der Waals surface area contributed by atoms with Crippen molar-refractivity contribution in [2.45, 2.75) is 12.8 Å². The fraction of sp³-hybridized carbons (Fsp3) is 0.474. The van der Waals surface area contributed by atoms with Gasteiger partial charge in [-0.2, -0.15) is 5.26 Å². The minimum absolute atomic E-state index is 0.594. The molecular formula is C19H24N4O2. The second-order valence-corrected chi connectivity index (χ2v) is 6.36. The molecule has 0 atom stereocenters. The molecule has 2 heterocycles. The Kier molecular flexibility index (Phi) is 5.25. The molecule has 0 aliphatic carbocycles. The van der Waals surface area contributed by atoms with E-state index < -0.39 is 0 Å². The molecule has 0 amide bonds. The molecule has 3 rings (SSSR count). The van der Waals surface area contributed by atoms with Crippen LogP contribution in [0, 0.1) is 11.3 Å². The molecule has 1 aliphatic rings. The molecule has 0 spiro atoms. The molecule has 6 heteroatoms. The molecule has 0 radical (unpaired) electrons. The molecule has 0 unspecified atom stereocenters. The molecule has 0 saturated carbocycles. The Morgan fingerprint density at radius 2 is 1.80 bits per heavy atom. The molecule has 2 aromatic rings. The molecule has 1 fully saturated rings. The van der Waals surface area contributed by atoms with Gasteiger partial charge in [-0.1, -0.05) is 0 Å². The lowest BCUT2D eigenvalue weighted by molar-refractivity contribution is 0.313. The Labute approximate surface area is 148 Å². The second-order valence-electron chi connectivity index (χ2n) is 6.36. The van der Waals surface area contributed by atoms with Crippen LogP contribution in [-0.2, 0) is 0 Å². The third-order valence-corrected chi connectivity index (χ3v) is 4.71. The van der Waals surface area contributed by atoms with Crippen molar-refractivity contribution in [1.82, 2.24) is 9.88 Å². The summed E-state index contributed by atoms with van der Waals surface area (Å²) in [5.41, 5.74) is 2.29. The zero-order valence-corrected chi connectivity index (χ0v) is 15.1. The van der Waals surface area contributed by atoms with Gasteiger partial charge in [0.1, 0.15) is 23.1 Å². The van der Waals surface area contributed by atoms with Gasteiger partial charge in [0.25, 0.3) is 0 Å². The summed E-state index contributed by atoms with van der Waals surface area (Å²) >= 11 is 0. The molecule has 25 heavy (non-hydrogen) atoms. The molecule has 132 valence electrons. The Bertz CT molecular complexity index is 790. The van der Waals surface area contributed by atoms with E-state index in [-0.39, 0.29) is 0 Å². The van der Waals surface area contributed by atoms with Crippen molar-refractivity contribution >= 4 is 16.6 Å². The molecule has 0 N–H and O–H groups in total. The summed E-state index contributed by atoms with van der Waals surface area (Å²) in [6.45, 7) is 3.96. The second kappa shape index (κ2) is 7.58. The molecule has 1 aromatic heterocycles. The summed E-state index contributed by atoms with van der Waals surface area (Å²) in [7, 11) is 5.42. The van der Waals surface area contributed by atoms with Gasteiger partial charge in [-0.05, 0) is 39.0 Å². The quantitative estimate of drug-likeness (QED) is 0.856. The fourth-order valence-corrected chi connectivity index (χ4v) is 3.44. The Hall–Kier alpha value is -2.52. The van der Waals surface area contributed by atoms with Crippen molar-refractivity contribution in [3.8, 4) is 17.6 Å². The average molecular weight is 340 g/mol. The maximum Gasteiger partial charge on any atom is 0.148 e. The van der Waals surface area contributed by atoms with Crippen molar-refractivity contribution in [2.24, 2.45) is 0 Å². The van der Waals surface area contributed by atoms with E-state index in [0.717, 1.165) is 55.6 Å². The van der Waals surface area contributed by atoms with Gasteiger partial charge in [0.15, 0.2) is 0 Å². The van der Waals surface area contributed by atoms with E-state index >= 15 is 0 Å². The van der Waals surface area contributed by atoms with Crippen molar-refractivity contribution in [3.05, 3.63) is 23.9 Å². The van der Waals surface area contributed by atoms with E-state index in [1.807, 2.05) is 12.1 Å². The van der Waals surface area contributed by atoms with Crippen LogP contribution in [-0.4, -0.2) is 57.3 Å². The van der Waals surface area contributed by atoms with Crippen LogP contribution < -0.4 is 14.4 Å². The van der Waals surface area contributed by atoms with Gasteiger partial charge < -0.3 is 19.3 Å². The highest BCUT2D eigenvalue weighted by Crippen LogP contribution is 2.37. The molecule has 1 aliphatic heterocycles. The standard InChI is InChI=1S/C19H24N4O2/c1-22-6-4-8-23(9-5-7-22)19-14(12-20)13-21-18-16(19)10-15(24-2)11-17(18)25-3/h10-11,13H,4-9H2,1-3H3. The van der Waals surface area contributed by atoms with Crippen molar-refractivity contribution in [3.63, 3.8) is 0 Å². The summed E-state index contributed by atoms with van der Waals surface area (Å²) in [6.07, 6.45) is 3.77. The lowest BCUT2D eigenvalue weighted by Crippen LogP contribution is -2.35. The van der Waals surface area contributed by atoms with Crippen LogP contribution in [0.5, 0.6) is 11.5 Å². The highest BCUT2D eigenvalue weighted by Gasteiger charge is 2.20. The fourth-order valence-electron chi connectivity index (χ4n) is 3.44. The molecule has 1 saturated heterocycles. The maximum absolute atomic E-state index is 9.64. The molecule has 1 aromatic carbocycles. The Morgan fingerprint density at radius 1 is 1.08 bits per heavy atom. The first kappa shape index (κ1) is 17.3.